The molecule has 4 nitrogen and oxygen atoms in total. The Morgan fingerprint density at radius 2 is 1.10 bits per heavy atom. The van der Waals surface area contributed by atoms with Crippen LogP contribution in [0.1, 0.15) is 29.0 Å². The molecule has 1 aromatic heterocycles. The molecular formula is C47H33N3O. The Bertz CT molecular complexity index is 2770. The number of aliphatic imine (C=N–C) groups is 1. The highest BCUT2D eigenvalue weighted by Gasteiger charge is 2.28. The normalized spacial score (nSPS) is 16.0. The van der Waals surface area contributed by atoms with Gasteiger partial charge in [-0.15, -0.1) is 0 Å². The summed E-state index contributed by atoms with van der Waals surface area (Å²) < 4.78 is 6.52. The lowest BCUT2D eigenvalue weighted by molar-refractivity contribution is 0.411. The first-order valence-electron chi connectivity index (χ1n) is 17.4. The van der Waals surface area contributed by atoms with E-state index in [2.05, 4.69) is 180 Å². The summed E-state index contributed by atoms with van der Waals surface area (Å²) in [7, 11) is 0. The molecule has 4 heteroatoms. The summed E-state index contributed by atoms with van der Waals surface area (Å²) in [5.41, 5.74) is 9.69. The molecular weight excluding hydrogens is 623 g/mol. The maximum atomic E-state index is 6.52. The van der Waals surface area contributed by atoms with Crippen molar-refractivity contribution >= 4 is 49.3 Å². The number of hydrogen-bond donors (Lipinski definition) is 2. The molecule has 0 saturated carbocycles. The number of rotatable bonds is 5. The molecule has 242 valence electrons. The Hall–Kier alpha value is -6.49. The molecule has 0 saturated heterocycles. The molecule has 9 aromatic rings. The topological polar surface area (TPSA) is 49.6 Å². The summed E-state index contributed by atoms with van der Waals surface area (Å²) in [4.78, 5) is 5.40. The van der Waals surface area contributed by atoms with Crippen LogP contribution in [0.4, 0.5) is 0 Å². The summed E-state index contributed by atoms with van der Waals surface area (Å²) in [6.45, 7) is 0. The van der Waals surface area contributed by atoms with Crippen LogP contribution in [0.25, 0.3) is 65.7 Å². The standard InChI is InChI=1S/C47H33N3O/c1-3-10-30(11-4-1)35-21-18-33-20-23-38(28-39(33)27-35)46-48-45(37-22-19-32-14-7-8-15-34(32)26-37)49-47(50-46)41-16-9-17-42-44(41)40-25-24-36(29-43(40)51-42)31-12-5-2-6-13-31/h1-29,45,47,49H,(H,48,50). The summed E-state index contributed by atoms with van der Waals surface area (Å²) in [6.07, 6.45) is -0.515. The van der Waals surface area contributed by atoms with Crippen LogP contribution in [-0.4, -0.2) is 5.84 Å². The van der Waals surface area contributed by atoms with E-state index in [9.17, 15) is 0 Å². The van der Waals surface area contributed by atoms with Gasteiger partial charge in [0.2, 0.25) is 0 Å². The van der Waals surface area contributed by atoms with E-state index in [4.69, 9.17) is 9.41 Å². The highest BCUT2D eigenvalue weighted by Crippen LogP contribution is 2.38. The predicted octanol–water partition coefficient (Wildman–Crippen LogP) is 11.6. The Morgan fingerprint density at radius 1 is 0.451 bits per heavy atom. The van der Waals surface area contributed by atoms with E-state index in [-0.39, 0.29) is 12.3 Å². The van der Waals surface area contributed by atoms with E-state index in [0.717, 1.165) is 50.0 Å². The van der Waals surface area contributed by atoms with E-state index in [0.29, 0.717) is 0 Å². The van der Waals surface area contributed by atoms with Crippen LogP contribution >= 0.6 is 0 Å². The fourth-order valence-electron chi connectivity index (χ4n) is 7.52. The molecule has 0 bridgehead atoms. The zero-order valence-electron chi connectivity index (χ0n) is 27.8. The number of amidine groups is 1. The van der Waals surface area contributed by atoms with Crippen molar-refractivity contribution < 1.29 is 4.42 Å². The first kappa shape index (κ1) is 29.4. The fourth-order valence-corrected chi connectivity index (χ4v) is 7.52. The van der Waals surface area contributed by atoms with Crippen LogP contribution < -0.4 is 10.6 Å². The largest absolute Gasteiger partial charge is 0.456 e. The van der Waals surface area contributed by atoms with Gasteiger partial charge in [-0.25, -0.2) is 4.99 Å². The van der Waals surface area contributed by atoms with Crippen LogP contribution in [0.2, 0.25) is 0 Å². The van der Waals surface area contributed by atoms with Gasteiger partial charge in [0.15, 0.2) is 0 Å². The van der Waals surface area contributed by atoms with Crippen molar-refractivity contribution in [1.29, 1.82) is 0 Å². The molecule has 0 spiro atoms. The highest BCUT2D eigenvalue weighted by molar-refractivity contribution is 6.08. The summed E-state index contributed by atoms with van der Waals surface area (Å²) in [5.74, 6) is 0.847. The Balaban J connectivity index is 1.11. The third-order valence-corrected chi connectivity index (χ3v) is 10.1. The van der Waals surface area contributed by atoms with Gasteiger partial charge in [0.1, 0.15) is 29.3 Å². The summed E-state index contributed by atoms with van der Waals surface area (Å²) in [6, 6.07) is 62.3. The van der Waals surface area contributed by atoms with Gasteiger partial charge in [0.25, 0.3) is 0 Å². The fraction of sp³-hybridized carbons (Fsp3) is 0.0426. The molecule has 2 unspecified atom stereocenters. The van der Waals surface area contributed by atoms with Gasteiger partial charge in [-0.2, -0.15) is 0 Å². The maximum Gasteiger partial charge on any atom is 0.136 e. The minimum absolute atomic E-state index is 0.184. The summed E-state index contributed by atoms with van der Waals surface area (Å²) in [5, 5.41) is 14.6. The number of nitrogens with one attached hydrogen (secondary N) is 2. The quantitative estimate of drug-likeness (QED) is 0.194. The van der Waals surface area contributed by atoms with Gasteiger partial charge >= 0.3 is 0 Å². The third-order valence-electron chi connectivity index (χ3n) is 10.1. The molecule has 10 rings (SSSR count). The van der Waals surface area contributed by atoms with E-state index < -0.39 is 0 Å². The second-order valence-corrected chi connectivity index (χ2v) is 13.3. The van der Waals surface area contributed by atoms with Gasteiger partial charge in [-0.05, 0) is 85.8 Å². The van der Waals surface area contributed by atoms with Crippen LogP contribution in [0, 0.1) is 0 Å². The van der Waals surface area contributed by atoms with Crippen molar-refractivity contribution in [2.24, 2.45) is 4.99 Å². The smallest absolute Gasteiger partial charge is 0.136 e. The molecule has 1 aliphatic rings. The van der Waals surface area contributed by atoms with E-state index in [1.807, 2.05) is 6.07 Å². The minimum Gasteiger partial charge on any atom is -0.456 e. The average Bonchev–Trinajstić information content (AvgIpc) is 3.59. The SMILES string of the molecule is c1ccc(-c2ccc3ccc(C4=NC(c5cccc6oc7cc(-c8ccccc8)ccc7c56)NC(c5ccc6ccccc6c5)N4)cc3c2)cc1. The van der Waals surface area contributed by atoms with Crippen molar-refractivity contribution in [2.45, 2.75) is 12.3 Å². The zero-order valence-corrected chi connectivity index (χ0v) is 27.8. The molecule has 8 aromatic carbocycles. The average molecular weight is 656 g/mol. The van der Waals surface area contributed by atoms with Gasteiger partial charge in [-0.3, -0.25) is 5.32 Å². The van der Waals surface area contributed by atoms with Crippen molar-refractivity contribution in [2.75, 3.05) is 0 Å². The van der Waals surface area contributed by atoms with E-state index in [1.54, 1.807) is 0 Å². The Kier molecular flexibility index (Phi) is 7.00. The molecule has 51 heavy (non-hydrogen) atoms. The molecule has 2 N–H and O–H groups in total. The number of benzene rings is 8. The van der Waals surface area contributed by atoms with Crippen LogP contribution in [-0.2, 0) is 0 Å². The Labute approximate surface area is 295 Å². The molecule has 0 radical (unpaired) electrons. The lowest BCUT2D eigenvalue weighted by atomic mass is 9.98. The lowest BCUT2D eigenvalue weighted by Crippen LogP contribution is -2.45. The molecule has 2 atom stereocenters. The number of fused-ring (bicyclic) bond motifs is 5. The molecule has 0 amide bonds. The molecule has 0 aliphatic carbocycles. The zero-order chi connectivity index (χ0) is 33.7. The second kappa shape index (κ2) is 12.1. The first-order valence-corrected chi connectivity index (χ1v) is 17.4. The van der Waals surface area contributed by atoms with Crippen molar-refractivity contribution in [3.8, 4) is 22.3 Å². The second-order valence-electron chi connectivity index (χ2n) is 13.3. The summed E-state index contributed by atoms with van der Waals surface area (Å²) >= 11 is 0. The minimum atomic E-state index is -0.331. The van der Waals surface area contributed by atoms with Crippen LogP contribution in [0.3, 0.4) is 0 Å². The van der Waals surface area contributed by atoms with Crippen molar-refractivity contribution in [3.63, 3.8) is 0 Å². The van der Waals surface area contributed by atoms with Gasteiger partial charge in [-0.1, -0.05) is 140 Å². The highest BCUT2D eigenvalue weighted by atomic mass is 16.3. The number of hydrogen-bond acceptors (Lipinski definition) is 4. The van der Waals surface area contributed by atoms with Crippen LogP contribution in [0.5, 0.6) is 0 Å². The van der Waals surface area contributed by atoms with Crippen molar-refractivity contribution in [1.82, 2.24) is 10.6 Å². The van der Waals surface area contributed by atoms with Gasteiger partial charge in [0, 0.05) is 21.9 Å². The third kappa shape index (κ3) is 5.34. The maximum absolute atomic E-state index is 6.52. The monoisotopic (exact) mass is 655 g/mol. The number of nitrogens with zero attached hydrogens (tertiary/aromatic N) is 1. The van der Waals surface area contributed by atoms with Gasteiger partial charge < -0.3 is 9.73 Å². The molecule has 2 heterocycles. The van der Waals surface area contributed by atoms with E-state index >= 15 is 0 Å². The van der Waals surface area contributed by atoms with Gasteiger partial charge in [0.05, 0.1) is 0 Å². The number of furan rings is 1. The predicted molar refractivity (Wildman–Crippen MR) is 211 cm³/mol. The first-order chi connectivity index (χ1) is 25.2. The molecule has 1 aliphatic heterocycles. The Morgan fingerprint density at radius 3 is 1.90 bits per heavy atom. The van der Waals surface area contributed by atoms with E-state index in [1.165, 1.54) is 38.2 Å². The molecule has 0 fully saturated rings. The van der Waals surface area contributed by atoms with Crippen molar-refractivity contribution in [3.05, 3.63) is 193 Å². The lowest BCUT2D eigenvalue weighted by Gasteiger charge is -2.32. The van der Waals surface area contributed by atoms with Crippen LogP contribution in [0.15, 0.2) is 185 Å².